The summed E-state index contributed by atoms with van der Waals surface area (Å²) in [5, 5.41) is 18.4. The summed E-state index contributed by atoms with van der Waals surface area (Å²) in [7, 11) is 1.60. The lowest BCUT2D eigenvalue weighted by atomic mass is 9.87. The average Bonchev–Trinajstić information content (AvgIpc) is 2.92. The van der Waals surface area contributed by atoms with Crippen LogP contribution in [0.2, 0.25) is 0 Å². The third-order valence-electron chi connectivity index (χ3n) is 4.15. The van der Waals surface area contributed by atoms with Crippen molar-refractivity contribution >= 4 is 23.0 Å². The van der Waals surface area contributed by atoms with Crippen molar-refractivity contribution in [3.8, 4) is 12.1 Å². The molecule has 0 radical (unpaired) electrons. The molecule has 0 N–H and O–H groups in total. The van der Waals surface area contributed by atoms with E-state index in [1.54, 1.807) is 7.11 Å². The first-order chi connectivity index (χ1) is 12.8. The highest BCUT2D eigenvalue weighted by Gasteiger charge is 2.13. The molecule has 0 atom stereocenters. The summed E-state index contributed by atoms with van der Waals surface area (Å²) in [5.41, 5.74) is 1.96. The van der Waals surface area contributed by atoms with Gasteiger partial charge in [0, 0.05) is 20.3 Å². The van der Waals surface area contributed by atoms with E-state index in [1.165, 1.54) is 21.5 Å². The molecule has 6 heteroatoms. The minimum atomic E-state index is -0.186. The van der Waals surface area contributed by atoms with Crippen LogP contribution in [-0.4, -0.2) is 18.3 Å². The summed E-state index contributed by atoms with van der Waals surface area (Å²) < 4.78 is 7.45. The molecule has 0 aliphatic rings. The lowest BCUT2D eigenvalue weighted by Gasteiger charge is -2.18. The van der Waals surface area contributed by atoms with E-state index in [2.05, 4.69) is 32.9 Å². The summed E-state index contributed by atoms with van der Waals surface area (Å²) in [4.78, 5) is 12.8. The van der Waals surface area contributed by atoms with Gasteiger partial charge in [0.05, 0.1) is 4.53 Å². The Labute approximate surface area is 163 Å². The van der Waals surface area contributed by atoms with Crippen LogP contribution in [0.4, 0.5) is 0 Å². The van der Waals surface area contributed by atoms with Gasteiger partial charge in [0.2, 0.25) is 0 Å². The van der Waals surface area contributed by atoms with Crippen molar-refractivity contribution in [2.45, 2.75) is 39.2 Å². The molecule has 1 aromatic carbocycles. The molecule has 0 saturated heterocycles. The van der Waals surface area contributed by atoms with E-state index in [9.17, 15) is 15.3 Å². The molecule has 0 spiro atoms. The quantitative estimate of drug-likeness (QED) is 0.744. The zero-order chi connectivity index (χ0) is 20.0. The predicted octanol–water partition coefficient (Wildman–Crippen LogP) is 2.27. The molecule has 1 aromatic heterocycles. The fourth-order valence-electron chi connectivity index (χ4n) is 2.63. The van der Waals surface area contributed by atoms with Crippen LogP contribution in [-0.2, 0) is 16.7 Å². The number of thiazole rings is 1. The van der Waals surface area contributed by atoms with Crippen LogP contribution in [0.15, 0.2) is 29.1 Å². The second kappa shape index (κ2) is 8.81. The van der Waals surface area contributed by atoms with Crippen molar-refractivity contribution in [2.75, 3.05) is 13.7 Å². The molecule has 1 heterocycles. The van der Waals surface area contributed by atoms with Crippen LogP contribution in [0.3, 0.4) is 0 Å². The van der Waals surface area contributed by atoms with Crippen molar-refractivity contribution in [1.82, 2.24) is 4.57 Å². The number of ether oxygens (including phenoxy) is 1. The van der Waals surface area contributed by atoms with Crippen LogP contribution < -0.4 is 14.8 Å². The molecule has 2 rings (SSSR count). The van der Waals surface area contributed by atoms with Gasteiger partial charge in [-0.15, -0.1) is 11.3 Å². The highest BCUT2D eigenvalue weighted by molar-refractivity contribution is 7.07. The molecule has 140 valence electrons. The summed E-state index contributed by atoms with van der Waals surface area (Å²) >= 11 is 1.18. The standard InChI is InChI=1S/C21H23N3O2S/c1-21(2,3)17-8-6-15(7-9-17)12-18-19(25)24(10-5-11-26-4)20(27-18)16(13-22)14-23/h6-9,12H,5,10-11H2,1-4H3/b18-12+. The van der Waals surface area contributed by atoms with Crippen molar-refractivity contribution < 1.29 is 4.74 Å². The van der Waals surface area contributed by atoms with Gasteiger partial charge < -0.3 is 4.74 Å². The van der Waals surface area contributed by atoms with Gasteiger partial charge in [-0.05, 0) is 29.0 Å². The first-order valence-corrected chi connectivity index (χ1v) is 9.49. The van der Waals surface area contributed by atoms with Crippen molar-refractivity contribution in [3.05, 3.63) is 54.9 Å². The molecule has 0 unspecified atom stereocenters. The van der Waals surface area contributed by atoms with Crippen molar-refractivity contribution in [2.24, 2.45) is 0 Å². The Morgan fingerprint density at radius 1 is 1.22 bits per heavy atom. The fourth-order valence-corrected chi connectivity index (χ4v) is 3.71. The molecule has 0 aliphatic carbocycles. The Balaban J connectivity index is 2.58. The van der Waals surface area contributed by atoms with Crippen LogP contribution in [0.1, 0.15) is 38.3 Å². The van der Waals surface area contributed by atoms with E-state index in [-0.39, 0.29) is 16.5 Å². The van der Waals surface area contributed by atoms with Gasteiger partial charge in [0.25, 0.3) is 5.56 Å². The van der Waals surface area contributed by atoms with Crippen molar-refractivity contribution in [3.63, 3.8) is 0 Å². The number of benzene rings is 1. The van der Waals surface area contributed by atoms with Crippen LogP contribution >= 0.6 is 11.3 Å². The molecule has 27 heavy (non-hydrogen) atoms. The van der Waals surface area contributed by atoms with E-state index >= 15 is 0 Å². The topological polar surface area (TPSA) is 78.8 Å². The zero-order valence-corrected chi connectivity index (χ0v) is 16.9. The Bertz CT molecular complexity index is 1040. The highest BCUT2D eigenvalue weighted by Crippen LogP contribution is 2.22. The van der Waals surface area contributed by atoms with Gasteiger partial charge in [-0.1, -0.05) is 45.0 Å². The number of hydrogen-bond acceptors (Lipinski definition) is 5. The van der Waals surface area contributed by atoms with E-state index in [1.807, 2.05) is 30.3 Å². The number of hydrogen-bond donors (Lipinski definition) is 0. The Kier molecular flexibility index (Phi) is 6.74. The Morgan fingerprint density at radius 2 is 1.85 bits per heavy atom. The number of nitriles is 2. The summed E-state index contributed by atoms with van der Waals surface area (Å²) in [6.07, 6.45) is 2.44. The molecule has 5 nitrogen and oxygen atoms in total. The second-order valence-corrected chi connectivity index (χ2v) is 8.22. The normalized spacial score (nSPS) is 11.9. The third kappa shape index (κ3) is 4.95. The minimum Gasteiger partial charge on any atom is -0.385 e. The van der Waals surface area contributed by atoms with Gasteiger partial charge in [-0.3, -0.25) is 9.36 Å². The number of nitrogens with zero attached hydrogens (tertiary/aromatic N) is 3. The van der Waals surface area contributed by atoms with E-state index in [0.717, 1.165) is 5.56 Å². The van der Waals surface area contributed by atoms with Gasteiger partial charge in [0.1, 0.15) is 16.8 Å². The maximum Gasteiger partial charge on any atom is 0.269 e. The zero-order valence-electron chi connectivity index (χ0n) is 16.1. The molecular weight excluding hydrogens is 358 g/mol. The SMILES string of the molecule is COCCCn1c(=C(C#N)C#N)s/c(=C/c2ccc(C(C)(C)C)cc2)c1=O. The van der Waals surface area contributed by atoms with Gasteiger partial charge in [-0.25, -0.2) is 0 Å². The van der Waals surface area contributed by atoms with E-state index in [4.69, 9.17) is 4.74 Å². The summed E-state index contributed by atoms with van der Waals surface area (Å²) in [5.74, 6) is 0. The predicted molar refractivity (Wildman–Crippen MR) is 108 cm³/mol. The second-order valence-electron chi connectivity index (χ2n) is 7.19. The van der Waals surface area contributed by atoms with Crippen LogP contribution in [0, 0.1) is 22.7 Å². The third-order valence-corrected chi connectivity index (χ3v) is 5.28. The van der Waals surface area contributed by atoms with Crippen LogP contribution in [0.25, 0.3) is 11.6 Å². The Morgan fingerprint density at radius 3 is 2.37 bits per heavy atom. The van der Waals surface area contributed by atoms with Crippen LogP contribution in [0.5, 0.6) is 0 Å². The molecule has 0 amide bonds. The molecule has 0 bridgehead atoms. The van der Waals surface area contributed by atoms with E-state index in [0.29, 0.717) is 28.8 Å². The maximum absolute atomic E-state index is 12.8. The lowest BCUT2D eigenvalue weighted by molar-refractivity contribution is 0.190. The first-order valence-electron chi connectivity index (χ1n) is 8.67. The van der Waals surface area contributed by atoms with Gasteiger partial charge in [0.15, 0.2) is 5.57 Å². The average molecular weight is 382 g/mol. The fraction of sp³-hybridized carbons (Fsp3) is 0.381. The summed E-state index contributed by atoms with van der Waals surface area (Å²) in [6, 6.07) is 11.8. The summed E-state index contributed by atoms with van der Waals surface area (Å²) in [6.45, 7) is 7.36. The number of rotatable bonds is 5. The number of methoxy groups -OCH3 is 1. The largest absolute Gasteiger partial charge is 0.385 e. The highest BCUT2D eigenvalue weighted by atomic mass is 32.1. The first kappa shape index (κ1) is 20.6. The Hall–Kier alpha value is -2.67. The molecule has 0 fully saturated rings. The van der Waals surface area contributed by atoms with Gasteiger partial charge in [-0.2, -0.15) is 10.5 Å². The molecule has 0 saturated carbocycles. The minimum absolute atomic E-state index is 0.0442. The van der Waals surface area contributed by atoms with Crippen molar-refractivity contribution in [1.29, 1.82) is 10.5 Å². The molecule has 0 aliphatic heterocycles. The number of aromatic nitrogens is 1. The lowest BCUT2D eigenvalue weighted by Crippen LogP contribution is -2.32. The van der Waals surface area contributed by atoms with E-state index < -0.39 is 0 Å². The van der Waals surface area contributed by atoms with Gasteiger partial charge >= 0.3 is 0 Å². The smallest absolute Gasteiger partial charge is 0.269 e. The molecular formula is C21H23N3O2S. The monoisotopic (exact) mass is 381 g/mol. The molecule has 2 aromatic rings. The maximum atomic E-state index is 12.8.